The van der Waals surface area contributed by atoms with E-state index in [2.05, 4.69) is 13.8 Å². The van der Waals surface area contributed by atoms with Gasteiger partial charge < -0.3 is 14.7 Å². The van der Waals surface area contributed by atoms with Gasteiger partial charge >= 0.3 is 0 Å². The number of piperidine rings is 1. The molecule has 1 amide bonds. The Kier molecular flexibility index (Phi) is 5.23. The fourth-order valence-electron chi connectivity index (χ4n) is 2.60. The highest BCUT2D eigenvalue weighted by Gasteiger charge is 2.27. The molecule has 2 rings (SSSR count). The number of carbonyl (C=O) groups is 1. The van der Waals surface area contributed by atoms with Gasteiger partial charge in [0.05, 0.1) is 6.10 Å². The number of nitrogens with zero attached hydrogens (tertiary/aromatic N) is 1. The molecule has 0 aliphatic carbocycles. The molecule has 1 saturated heterocycles. The van der Waals surface area contributed by atoms with E-state index in [1.807, 2.05) is 31.2 Å². The molecule has 116 valence electrons. The van der Waals surface area contributed by atoms with Crippen molar-refractivity contribution in [1.29, 1.82) is 0 Å². The van der Waals surface area contributed by atoms with Crippen LogP contribution in [0.25, 0.3) is 0 Å². The maximum absolute atomic E-state index is 12.2. The van der Waals surface area contributed by atoms with E-state index >= 15 is 0 Å². The summed E-state index contributed by atoms with van der Waals surface area (Å²) < 4.78 is 5.70. The van der Waals surface area contributed by atoms with Crippen LogP contribution in [-0.2, 0) is 4.79 Å². The standard InChI is InChI=1S/C17H25NO3/c1-12(2)14-6-4-5-7-16(14)21-11-17(20)18-9-8-13(3)15(19)10-18/h4-7,12-13,15,19H,8-11H2,1-3H3. The van der Waals surface area contributed by atoms with Crippen molar-refractivity contribution < 1.29 is 14.6 Å². The van der Waals surface area contributed by atoms with Gasteiger partial charge in [0.2, 0.25) is 0 Å². The maximum Gasteiger partial charge on any atom is 0.260 e. The molecule has 1 aliphatic heterocycles. The van der Waals surface area contributed by atoms with Gasteiger partial charge in [-0.25, -0.2) is 0 Å². The summed E-state index contributed by atoms with van der Waals surface area (Å²) >= 11 is 0. The monoisotopic (exact) mass is 291 g/mol. The van der Waals surface area contributed by atoms with Gasteiger partial charge in [0, 0.05) is 13.1 Å². The van der Waals surface area contributed by atoms with Crippen molar-refractivity contribution in [2.45, 2.75) is 39.2 Å². The van der Waals surface area contributed by atoms with Gasteiger partial charge in [-0.1, -0.05) is 39.0 Å². The van der Waals surface area contributed by atoms with E-state index in [0.29, 0.717) is 19.0 Å². The second-order valence-corrected chi connectivity index (χ2v) is 6.15. The van der Waals surface area contributed by atoms with Gasteiger partial charge in [-0.3, -0.25) is 4.79 Å². The molecule has 1 aliphatic rings. The number of rotatable bonds is 4. The summed E-state index contributed by atoms with van der Waals surface area (Å²) in [4.78, 5) is 13.9. The summed E-state index contributed by atoms with van der Waals surface area (Å²) in [5.74, 6) is 1.33. The van der Waals surface area contributed by atoms with Crippen molar-refractivity contribution in [3.8, 4) is 5.75 Å². The highest BCUT2D eigenvalue weighted by Crippen LogP contribution is 2.26. The number of amides is 1. The number of aliphatic hydroxyl groups is 1. The lowest BCUT2D eigenvalue weighted by molar-refractivity contribution is -0.137. The van der Waals surface area contributed by atoms with Crippen LogP contribution in [0.1, 0.15) is 38.7 Å². The smallest absolute Gasteiger partial charge is 0.260 e. The predicted octanol–water partition coefficient (Wildman–Crippen LogP) is 2.42. The van der Waals surface area contributed by atoms with E-state index in [4.69, 9.17) is 4.74 Å². The summed E-state index contributed by atoms with van der Waals surface area (Å²) in [6.45, 7) is 7.37. The molecule has 0 aromatic heterocycles. The molecule has 0 saturated carbocycles. The highest BCUT2D eigenvalue weighted by atomic mass is 16.5. The molecule has 4 heteroatoms. The third-order valence-electron chi connectivity index (χ3n) is 4.16. The van der Waals surface area contributed by atoms with Crippen molar-refractivity contribution in [2.75, 3.05) is 19.7 Å². The molecule has 21 heavy (non-hydrogen) atoms. The third-order valence-corrected chi connectivity index (χ3v) is 4.16. The molecule has 1 fully saturated rings. The first-order valence-electron chi connectivity index (χ1n) is 7.66. The van der Waals surface area contributed by atoms with Crippen LogP contribution in [0.15, 0.2) is 24.3 Å². The summed E-state index contributed by atoms with van der Waals surface area (Å²) in [6.07, 6.45) is 0.417. The number of hydrogen-bond acceptors (Lipinski definition) is 3. The molecule has 1 aromatic rings. The van der Waals surface area contributed by atoms with Crippen LogP contribution in [0, 0.1) is 5.92 Å². The van der Waals surface area contributed by atoms with Gasteiger partial charge in [0.1, 0.15) is 5.75 Å². The summed E-state index contributed by atoms with van der Waals surface area (Å²) in [7, 11) is 0. The lowest BCUT2D eigenvalue weighted by atomic mass is 9.96. The maximum atomic E-state index is 12.2. The lowest BCUT2D eigenvalue weighted by Gasteiger charge is -2.34. The molecule has 2 atom stereocenters. The first kappa shape index (κ1) is 15.8. The summed E-state index contributed by atoms with van der Waals surface area (Å²) in [6, 6.07) is 7.82. The Bertz CT molecular complexity index is 487. The van der Waals surface area contributed by atoms with E-state index in [1.165, 1.54) is 0 Å². The van der Waals surface area contributed by atoms with Crippen LogP contribution < -0.4 is 4.74 Å². The summed E-state index contributed by atoms with van der Waals surface area (Å²) in [5.41, 5.74) is 1.11. The van der Waals surface area contributed by atoms with Crippen molar-refractivity contribution in [3.05, 3.63) is 29.8 Å². The Hall–Kier alpha value is -1.55. The van der Waals surface area contributed by atoms with Crippen molar-refractivity contribution in [2.24, 2.45) is 5.92 Å². The minimum absolute atomic E-state index is 0.0326. The van der Waals surface area contributed by atoms with Crippen molar-refractivity contribution in [3.63, 3.8) is 0 Å². The normalized spacial score (nSPS) is 22.4. The number of aliphatic hydroxyl groups excluding tert-OH is 1. The molecular weight excluding hydrogens is 266 g/mol. The first-order chi connectivity index (χ1) is 9.99. The number of benzene rings is 1. The van der Waals surface area contributed by atoms with Crippen molar-refractivity contribution in [1.82, 2.24) is 4.90 Å². The number of likely N-dealkylation sites (tertiary alicyclic amines) is 1. The zero-order chi connectivity index (χ0) is 15.4. The van der Waals surface area contributed by atoms with Crippen LogP contribution in [0.5, 0.6) is 5.75 Å². The van der Waals surface area contributed by atoms with Crippen LogP contribution >= 0.6 is 0 Å². The zero-order valence-electron chi connectivity index (χ0n) is 13.1. The van der Waals surface area contributed by atoms with Crippen LogP contribution in [0.2, 0.25) is 0 Å². The number of ether oxygens (including phenoxy) is 1. The molecule has 4 nitrogen and oxygen atoms in total. The molecule has 1 N–H and O–H groups in total. The summed E-state index contributed by atoms with van der Waals surface area (Å²) in [5, 5.41) is 9.86. The molecule has 0 bridgehead atoms. The van der Waals surface area contributed by atoms with Gasteiger partial charge in [-0.05, 0) is 29.9 Å². The Morgan fingerprint density at radius 3 is 2.81 bits per heavy atom. The average Bonchev–Trinajstić information content (AvgIpc) is 2.47. The second-order valence-electron chi connectivity index (χ2n) is 6.15. The predicted molar refractivity (Wildman–Crippen MR) is 82.4 cm³/mol. The Labute approximate surface area is 126 Å². The number of para-hydroxylation sites is 1. The average molecular weight is 291 g/mol. The number of β-amino-alcohol motifs (C(OH)–C–C–N with tert-alkyl or cyclic N) is 1. The van der Waals surface area contributed by atoms with Gasteiger partial charge in [-0.2, -0.15) is 0 Å². The Morgan fingerprint density at radius 1 is 1.43 bits per heavy atom. The third kappa shape index (κ3) is 3.97. The van der Waals surface area contributed by atoms with E-state index in [0.717, 1.165) is 17.7 Å². The lowest BCUT2D eigenvalue weighted by Crippen LogP contribution is -2.47. The molecule has 2 unspecified atom stereocenters. The van der Waals surface area contributed by atoms with Gasteiger partial charge in [0.15, 0.2) is 6.61 Å². The van der Waals surface area contributed by atoms with Crippen molar-refractivity contribution >= 4 is 5.91 Å². The molecular formula is C17H25NO3. The minimum atomic E-state index is -0.425. The van der Waals surface area contributed by atoms with E-state index in [1.54, 1.807) is 4.90 Å². The van der Waals surface area contributed by atoms with E-state index < -0.39 is 6.10 Å². The van der Waals surface area contributed by atoms with Crippen LogP contribution in [0.3, 0.4) is 0 Å². The fourth-order valence-corrected chi connectivity index (χ4v) is 2.60. The number of hydrogen-bond donors (Lipinski definition) is 1. The first-order valence-corrected chi connectivity index (χ1v) is 7.66. The van der Waals surface area contributed by atoms with Gasteiger partial charge in [0.25, 0.3) is 5.91 Å². The second kappa shape index (κ2) is 6.94. The minimum Gasteiger partial charge on any atom is -0.483 e. The van der Waals surface area contributed by atoms with Crippen LogP contribution in [0.4, 0.5) is 0 Å². The molecule has 1 heterocycles. The topological polar surface area (TPSA) is 49.8 Å². The number of carbonyl (C=O) groups excluding carboxylic acids is 1. The Balaban J connectivity index is 1.93. The van der Waals surface area contributed by atoms with E-state index in [-0.39, 0.29) is 18.4 Å². The molecule has 0 spiro atoms. The van der Waals surface area contributed by atoms with E-state index in [9.17, 15) is 9.90 Å². The Morgan fingerprint density at radius 2 is 2.14 bits per heavy atom. The van der Waals surface area contributed by atoms with Gasteiger partial charge in [-0.15, -0.1) is 0 Å². The van der Waals surface area contributed by atoms with Crippen LogP contribution in [-0.4, -0.2) is 41.7 Å². The fraction of sp³-hybridized carbons (Fsp3) is 0.588. The SMILES string of the molecule is CC(C)c1ccccc1OCC(=O)N1CCC(C)C(O)C1. The molecule has 1 aromatic carbocycles. The highest BCUT2D eigenvalue weighted by molar-refractivity contribution is 5.78. The quantitative estimate of drug-likeness (QED) is 0.927. The zero-order valence-corrected chi connectivity index (χ0v) is 13.1. The molecule has 0 radical (unpaired) electrons. The largest absolute Gasteiger partial charge is 0.483 e.